The van der Waals surface area contributed by atoms with Crippen LogP contribution in [0.1, 0.15) is 61.1 Å². The smallest absolute Gasteiger partial charge is 0.0482 e. The molecule has 2 fully saturated rings. The van der Waals surface area contributed by atoms with E-state index in [9.17, 15) is 0 Å². The van der Waals surface area contributed by atoms with Crippen molar-refractivity contribution in [2.75, 3.05) is 11.9 Å². The lowest BCUT2D eigenvalue weighted by Gasteiger charge is -2.43. The fourth-order valence-corrected chi connectivity index (χ4v) is 5.68. The monoisotopic (exact) mass is 329 g/mol. The second kappa shape index (κ2) is 6.05. The fourth-order valence-electron chi connectivity index (χ4n) is 5.68. The van der Waals surface area contributed by atoms with Gasteiger partial charge in [0.15, 0.2) is 0 Å². The Labute approximate surface area is 151 Å². The highest BCUT2D eigenvalue weighted by Gasteiger charge is 2.37. The van der Waals surface area contributed by atoms with Gasteiger partial charge >= 0.3 is 0 Å². The maximum atomic E-state index is 2.50. The predicted molar refractivity (Wildman–Crippen MR) is 107 cm³/mol. The molecule has 5 rings (SSSR count). The van der Waals surface area contributed by atoms with Gasteiger partial charge in [-0.1, -0.05) is 49.3 Å². The van der Waals surface area contributed by atoms with E-state index in [2.05, 4.69) is 66.6 Å². The van der Waals surface area contributed by atoms with Crippen LogP contribution in [0.3, 0.4) is 0 Å². The van der Waals surface area contributed by atoms with Crippen molar-refractivity contribution in [3.05, 3.63) is 59.2 Å². The van der Waals surface area contributed by atoms with Crippen LogP contribution in [-0.4, -0.2) is 7.05 Å². The van der Waals surface area contributed by atoms with Gasteiger partial charge in [-0.25, -0.2) is 0 Å². The third-order valence-electron chi connectivity index (χ3n) is 6.85. The van der Waals surface area contributed by atoms with Crippen molar-refractivity contribution in [1.82, 2.24) is 0 Å². The molecule has 1 aliphatic heterocycles. The number of anilines is 2. The Kier molecular flexibility index (Phi) is 3.69. The first-order valence-corrected chi connectivity index (χ1v) is 9.96. The summed E-state index contributed by atoms with van der Waals surface area (Å²) in [7, 11) is 2.19. The van der Waals surface area contributed by atoms with E-state index < -0.39 is 0 Å². The second-order valence-corrected chi connectivity index (χ2v) is 8.18. The molecule has 1 heteroatoms. The SMILES string of the molecule is CN1c2ccccc2C=Cc2cc(C3C4CCCC3CCC4)ccc21. The summed E-state index contributed by atoms with van der Waals surface area (Å²) in [5.41, 5.74) is 6.89. The third-order valence-corrected chi connectivity index (χ3v) is 6.85. The molecular formula is C24H27N. The summed E-state index contributed by atoms with van der Waals surface area (Å²) in [5, 5.41) is 0. The number of para-hydroxylation sites is 1. The van der Waals surface area contributed by atoms with Crippen LogP contribution in [-0.2, 0) is 0 Å². The lowest BCUT2D eigenvalue weighted by molar-refractivity contribution is 0.149. The van der Waals surface area contributed by atoms with Gasteiger partial charge in [-0.2, -0.15) is 0 Å². The van der Waals surface area contributed by atoms with Crippen LogP contribution in [0.15, 0.2) is 42.5 Å². The Morgan fingerprint density at radius 3 is 2.16 bits per heavy atom. The average molecular weight is 329 g/mol. The Morgan fingerprint density at radius 1 is 0.760 bits per heavy atom. The highest BCUT2D eigenvalue weighted by atomic mass is 15.1. The van der Waals surface area contributed by atoms with Crippen molar-refractivity contribution >= 4 is 23.5 Å². The van der Waals surface area contributed by atoms with Gasteiger partial charge in [-0.3, -0.25) is 0 Å². The Balaban J connectivity index is 1.56. The van der Waals surface area contributed by atoms with Crippen LogP contribution < -0.4 is 4.90 Å². The van der Waals surface area contributed by atoms with Crippen molar-refractivity contribution in [1.29, 1.82) is 0 Å². The Morgan fingerprint density at radius 2 is 1.40 bits per heavy atom. The fraction of sp³-hybridized carbons (Fsp3) is 0.417. The molecule has 0 radical (unpaired) electrons. The van der Waals surface area contributed by atoms with Gasteiger partial charge in [0, 0.05) is 18.4 Å². The van der Waals surface area contributed by atoms with Crippen LogP contribution in [0.25, 0.3) is 12.2 Å². The number of nitrogens with zero attached hydrogens (tertiary/aromatic N) is 1. The lowest BCUT2D eigenvalue weighted by Crippen LogP contribution is -2.30. The van der Waals surface area contributed by atoms with Gasteiger partial charge in [0.1, 0.15) is 0 Å². The first-order chi connectivity index (χ1) is 12.3. The molecule has 128 valence electrons. The minimum Gasteiger partial charge on any atom is -0.344 e. The van der Waals surface area contributed by atoms with Gasteiger partial charge < -0.3 is 4.90 Å². The Bertz CT molecular complexity index is 797. The van der Waals surface area contributed by atoms with E-state index >= 15 is 0 Å². The molecular weight excluding hydrogens is 302 g/mol. The molecule has 2 aromatic carbocycles. The van der Waals surface area contributed by atoms with Crippen molar-refractivity contribution in [3.63, 3.8) is 0 Å². The van der Waals surface area contributed by atoms with Crippen LogP contribution in [0.4, 0.5) is 11.4 Å². The summed E-state index contributed by atoms with van der Waals surface area (Å²) in [6.45, 7) is 0. The van der Waals surface area contributed by atoms with E-state index in [1.165, 1.54) is 61.0 Å². The van der Waals surface area contributed by atoms with Crippen LogP contribution in [0, 0.1) is 11.8 Å². The summed E-state index contributed by atoms with van der Waals surface area (Å²) in [4.78, 5) is 2.34. The predicted octanol–water partition coefficient (Wildman–Crippen LogP) is 6.62. The van der Waals surface area contributed by atoms with Crippen LogP contribution in [0.2, 0.25) is 0 Å². The molecule has 0 spiro atoms. The number of benzene rings is 2. The Hall–Kier alpha value is -2.02. The molecule has 0 saturated heterocycles. The molecule has 0 atom stereocenters. The summed E-state index contributed by atoms with van der Waals surface area (Å²) in [6.07, 6.45) is 13.3. The molecule has 2 aromatic rings. The van der Waals surface area contributed by atoms with E-state index in [0.717, 1.165) is 17.8 Å². The minimum absolute atomic E-state index is 0.803. The second-order valence-electron chi connectivity index (χ2n) is 8.18. The van der Waals surface area contributed by atoms with E-state index in [-0.39, 0.29) is 0 Å². The molecule has 1 nitrogen and oxygen atoms in total. The van der Waals surface area contributed by atoms with Gasteiger partial charge in [-0.15, -0.1) is 0 Å². The topological polar surface area (TPSA) is 3.24 Å². The van der Waals surface area contributed by atoms with E-state index in [4.69, 9.17) is 0 Å². The largest absolute Gasteiger partial charge is 0.344 e. The average Bonchev–Trinajstić information content (AvgIpc) is 2.78. The third kappa shape index (κ3) is 2.52. The number of hydrogen-bond donors (Lipinski definition) is 0. The first kappa shape index (κ1) is 15.3. The molecule has 0 unspecified atom stereocenters. The molecule has 2 aliphatic carbocycles. The van der Waals surface area contributed by atoms with Gasteiger partial charge in [-0.05, 0) is 78.3 Å². The molecule has 0 aromatic heterocycles. The summed E-state index contributed by atoms with van der Waals surface area (Å²) >= 11 is 0. The summed E-state index contributed by atoms with van der Waals surface area (Å²) in [6, 6.07) is 16.0. The normalized spacial score (nSPS) is 27.4. The van der Waals surface area contributed by atoms with Gasteiger partial charge in [0.2, 0.25) is 0 Å². The highest BCUT2D eigenvalue weighted by molar-refractivity contribution is 5.88. The minimum atomic E-state index is 0.803. The van der Waals surface area contributed by atoms with Gasteiger partial charge in [0.25, 0.3) is 0 Å². The van der Waals surface area contributed by atoms with E-state index in [1.807, 2.05) is 0 Å². The number of fused-ring (bicyclic) bond motifs is 4. The summed E-state index contributed by atoms with van der Waals surface area (Å²) in [5.74, 6) is 2.66. The molecule has 2 saturated carbocycles. The molecule has 1 heterocycles. The van der Waals surface area contributed by atoms with Crippen molar-refractivity contribution in [2.24, 2.45) is 11.8 Å². The number of hydrogen-bond acceptors (Lipinski definition) is 1. The van der Waals surface area contributed by atoms with Gasteiger partial charge in [0.05, 0.1) is 0 Å². The first-order valence-electron chi connectivity index (χ1n) is 9.96. The van der Waals surface area contributed by atoms with Crippen molar-refractivity contribution < 1.29 is 0 Å². The maximum Gasteiger partial charge on any atom is 0.0482 e. The molecule has 25 heavy (non-hydrogen) atoms. The molecule has 3 aliphatic rings. The van der Waals surface area contributed by atoms with Crippen molar-refractivity contribution in [2.45, 2.75) is 44.4 Å². The zero-order valence-electron chi connectivity index (χ0n) is 15.1. The molecule has 2 bridgehead atoms. The maximum absolute atomic E-state index is 2.50. The van der Waals surface area contributed by atoms with Crippen LogP contribution >= 0.6 is 0 Å². The molecule has 0 amide bonds. The van der Waals surface area contributed by atoms with Crippen molar-refractivity contribution in [3.8, 4) is 0 Å². The summed E-state index contributed by atoms with van der Waals surface area (Å²) < 4.78 is 0. The zero-order valence-corrected chi connectivity index (χ0v) is 15.1. The standard InChI is InChI=1S/C24H27N/c1-25-22-11-3-2-6-17(22)12-13-20-16-21(14-15-23(20)25)24-18-7-4-8-19(24)10-5-9-18/h2-3,6,11-16,18-19,24H,4-5,7-10H2,1H3. The van der Waals surface area contributed by atoms with E-state index in [1.54, 1.807) is 5.56 Å². The highest BCUT2D eigenvalue weighted by Crippen LogP contribution is 2.50. The van der Waals surface area contributed by atoms with E-state index in [0.29, 0.717) is 0 Å². The van der Waals surface area contributed by atoms with Crippen LogP contribution in [0.5, 0.6) is 0 Å². The zero-order chi connectivity index (χ0) is 16.8. The lowest BCUT2D eigenvalue weighted by atomic mass is 9.62. The quantitative estimate of drug-likeness (QED) is 0.568. The molecule has 0 N–H and O–H groups in total. The number of rotatable bonds is 1.